The van der Waals surface area contributed by atoms with Crippen LogP contribution in [0, 0.1) is 0 Å². The van der Waals surface area contributed by atoms with E-state index in [2.05, 4.69) is 40.2 Å². The van der Waals surface area contributed by atoms with E-state index in [1.165, 1.54) is 5.56 Å². The highest BCUT2D eigenvalue weighted by Gasteiger charge is 2.24. The summed E-state index contributed by atoms with van der Waals surface area (Å²) < 4.78 is 5.14. The van der Waals surface area contributed by atoms with E-state index >= 15 is 0 Å². The smallest absolute Gasteiger partial charge is 0.341 e. The van der Waals surface area contributed by atoms with Crippen LogP contribution in [0.3, 0.4) is 0 Å². The zero-order valence-corrected chi connectivity index (χ0v) is 13.4. The average Bonchev–Trinajstić information content (AvgIpc) is 2.63. The van der Waals surface area contributed by atoms with Crippen LogP contribution in [0.5, 0.6) is 0 Å². The molecule has 0 radical (unpaired) electrons. The summed E-state index contributed by atoms with van der Waals surface area (Å²) in [7, 11) is 0. The Hall–Kier alpha value is -2.36. The van der Waals surface area contributed by atoms with Crippen LogP contribution >= 0.6 is 0 Å². The molecule has 1 aromatic heterocycles. The van der Waals surface area contributed by atoms with E-state index in [-0.39, 0.29) is 5.97 Å². The molecule has 1 aliphatic heterocycles. The Morgan fingerprint density at radius 2 is 1.91 bits per heavy atom. The molecule has 1 fully saturated rings. The maximum atomic E-state index is 12.1. The molecule has 0 N–H and O–H groups in total. The Balaban J connectivity index is 1.72. The quantitative estimate of drug-likeness (QED) is 0.809. The summed E-state index contributed by atoms with van der Waals surface area (Å²) in [6.45, 7) is 4.01. The van der Waals surface area contributed by atoms with Crippen molar-refractivity contribution in [3.05, 3.63) is 59.8 Å². The summed E-state index contributed by atoms with van der Waals surface area (Å²) in [5.74, 6) is 1.04. The molecule has 3 rings (SSSR count). The van der Waals surface area contributed by atoms with Gasteiger partial charge >= 0.3 is 5.97 Å². The molecule has 0 atom stereocenters. The SMILES string of the molecule is CCOC(=O)c1cccnc1N1CCC(c2ccccc2)CC1. The number of piperidine rings is 1. The van der Waals surface area contributed by atoms with Crippen molar-refractivity contribution >= 4 is 11.8 Å². The largest absolute Gasteiger partial charge is 0.462 e. The summed E-state index contributed by atoms with van der Waals surface area (Å²) in [5.41, 5.74) is 1.96. The van der Waals surface area contributed by atoms with E-state index < -0.39 is 0 Å². The van der Waals surface area contributed by atoms with Crippen LogP contribution in [-0.4, -0.2) is 30.6 Å². The van der Waals surface area contributed by atoms with Gasteiger partial charge in [0.15, 0.2) is 0 Å². The van der Waals surface area contributed by atoms with E-state index in [4.69, 9.17) is 4.74 Å². The van der Waals surface area contributed by atoms with Crippen molar-refractivity contribution in [2.45, 2.75) is 25.7 Å². The fourth-order valence-electron chi connectivity index (χ4n) is 3.17. The number of carbonyl (C=O) groups excluding carboxylic acids is 1. The van der Waals surface area contributed by atoms with E-state index in [0.29, 0.717) is 18.1 Å². The van der Waals surface area contributed by atoms with Gasteiger partial charge in [0.05, 0.1) is 6.61 Å². The first kappa shape index (κ1) is 15.5. The third-order valence-corrected chi connectivity index (χ3v) is 4.35. The zero-order chi connectivity index (χ0) is 16.1. The first-order chi connectivity index (χ1) is 11.3. The van der Waals surface area contributed by atoms with Gasteiger partial charge in [0.2, 0.25) is 0 Å². The summed E-state index contributed by atoms with van der Waals surface area (Å²) in [4.78, 5) is 18.7. The van der Waals surface area contributed by atoms with Gasteiger partial charge < -0.3 is 9.64 Å². The molecule has 23 heavy (non-hydrogen) atoms. The molecule has 1 aromatic carbocycles. The summed E-state index contributed by atoms with van der Waals surface area (Å²) in [6.07, 6.45) is 3.88. The Bertz CT molecular complexity index is 649. The lowest BCUT2D eigenvalue weighted by molar-refractivity contribution is 0.0526. The van der Waals surface area contributed by atoms with Crippen LogP contribution < -0.4 is 4.90 Å². The highest BCUT2D eigenvalue weighted by Crippen LogP contribution is 2.30. The number of hydrogen-bond acceptors (Lipinski definition) is 4. The maximum Gasteiger partial charge on any atom is 0.341 e. The zero-order valence-electron chi connectivity index (χ0n) is 13.4. The first-order valence-electron chi connectivity index (χ1n) is 8.21. The van der Waals surface area contributed by atoms with Crippen LogP contribution in [-0.2, 0) is 4.74 Å². The van der Waals surface area contributed by atoms with Crippen molar-refractivity contribution in [2.24, 2.45) is 0 Å². The lowest BCUT2D eigenvalue weighted by Gasteiger charge is -2.33. The number of rotatable bonds is 4. The second kappa shape index (κ2) is 7.27. The molecular weight excluding hydrogens is 288 g/mol. The van der Waals surface area contributed by atoms with Crippen molar-refractivity contribution in [3.63, 3.8) is 0 Å². The lowest BCUT2D eigenvalue weighted by atomic mass is 9.89. The van der Waals surface area contributed by atoms with Gasteiger partial charge in [-0.25, -0.2) is 9.78 Å². The van der Waals surface area contributed by atoms with Crippen LogP contribution in [0.1, 0.15) is 41.6 Å². The molecule has 1 saturated heterocycles. The van der Waals surface area contributed by atoms with Gasteiger partial charge in [0.1, 0.15) is 11.4 Å². The topological polar surface area (TPSA) is 42.4 Å². The predicted octanol–water partition coefficient (Wildman–Crippen LogP) is 3.64. The fourth-order valence-corrected chi connectivity index (χ4v) is 3.17. The predicted molar refractivity (Wildman–Crippen MR) is 90.8 cm³/mol. The Morgan fingerprint density at radius 1 is 1.17 bits per heavy atom. The second-order valence-corrected chi connectivity index (χ2v) is 5.77. The van der Waals surface area contributed by atoms with Crippen molar-refractivity contribution in [1.82, 2.24) is 4.98 Å². The van der Waals surface area contributed by atoms with Crippen molar-refractivity contribution in [1.29, 1.82) is 0 Å². The molecule has 120 valence electrons. The monoisotopic (exact) mass is 310 g/mol. The Kier molecular flexibility index (Phi) is 4.91. The third kappa shape index (κ3) is 3.52. The second-order valence-electron chi connectivity index (χ2n) is 5.77. The van der Waals surface area contributed by atoms with E-state index in [1.54, 1.807) is 18.3 Å². The highest BCUT2D eigenvalue weighted by molar-refractivity contribution is 5.94. The highest BCUT2D eigenvalue weighted by atomic mass is 16.5. The molecule has 0 aliphatic carbocycles. The number of pyridine rings is 1. The first-order valence-corrected chi connectivity index (χ1v) is 8.21. The minimum atomic E-state index is -0.291. The standard InChI is InChI=1S/C19H22N2O2/c1-2-23-19(22)17-9-6-12-20-18(17)21-13-10-16(11-14-21)15-7-4-3-5-8-15/h3-9,12,16H,2,10-11,13-14H2,1H3. The van der Waals surface area contributed by atoms with Gasteiger partial charge in [-0.15, -0.1) is 0 Å². The van der Waals surface area contributed by atoms with Gasteiger partial charge in [-0.1, -0.05) is 30.3 Å². The van der Waals surface area contributed by atoms with Crippen LogP contribution in [0.25, 0.3) is 0 Å². The van der Waals surface area contributed by atoms with Crippen molar-refractivity contribution < 1.29 is 9.53 Å². The maximum absolute atomic E-state index is 12.1. The number of carbonyl (C=O) groups is 1. The summed E-state index contributed by atoms with van der Waals surface area (Å²) >= 11 is 0. The minimum absolute atomic E-state index is 0.291. The number of aromatic nitrogens is 1. The molecule has 0 amide bonds. The van der Waals surface area contributed by atoms with E-state index in [0.717, 1.165) is 31.7 Å². The number of esters is 1. The Labute approximate surface area is 137 Å². The van der Waals surface area contributed by atoms with Crippen LogP contribution in [0.15, 0.2) is 48.7 Å². The average molecular weight is 310 g/mol. The summed E-state index contributed by atoms with van der Waals surface area (Å²) in [5, 5.41) is 0. The molecule has 1 aliphatic rings. The molecule has 0 unspecified atom stereocenters. The number of anilines is 1. The molecular formula is C19H22N2O2. The van der Waals surface area contributed by atoms with Crippen LogP contribution in [0.2, 0.25) is 0 Å². The number of benzene rings is 1. The normalized spacial score (nSPS) is 15.4. The molecule has 4 nitrogen and oxygen atoms in total. The van der Waals surface area contributed by atoms with E-state index in [9.17, 15) is 4.79 Å². The summed E-state index contributed by atoms with van der Waals surface area (Å²) in [6, 6.07) is 14.2. The van der Waals surface area contributed by atoms with Gasteiger partial charge in [0, 0.05) is 19.3 Å². The van der Waals surface area contributed by atoms with Crippen molar-refractivity contribution in [3.8, 4) is 0 Å². The van der Waals surface area contributed by atoms with Gasteiger partial charge in [-0.3, -0.25) is 0 Å². The van der Waals surface area contributed by atoms with Gasteiger partial charge in [-0.2, -0.15) is 0 Å². The molecule has 2 heterocycles. The lowest BCUT2D eigenvalue weighted by Crippen LogP contribution is -2.34. The van der Waals surface area contributed by atoms with Gasteiger partial charge in [0.25, 0.3) is 0 Å². The van der Waals surface area contributed by atoms with Gasteiger partial charge in [-0.05, 0) is 43.4 Å². The molecule has 2 aromatic rings. The van der Waals surface area contributed by atoms with Crippen LogP contribution in [0.4, 0.5) is 5.82 Å². The van der Waals surface area contributed by atoms with E-state index in [1.807, 2.05) is 6.92 Å². The number of ether oxygens (including phenoxy) is 1. The number of hydrogen-bond donors (Lipinski definition) is 0. The number of nitrogens with zero attached hydrogens (tertiary/aromatic N) is 2. The Morgan fingerprint density at radius 3 is 2.61 bits per heavy atom. The molecule has 0 spiro atoms. The molecule has 0 saturated carbocycles. The molecule has 0 bridgehead atoms. The molecule has 4 heteroatoms. The van der Waals surface area contributed by atoms with Crippen molar-refractivity contribution in [2.75, 3.05) is 24.6 Å². The fraction of sp³-hybridized carbons (Fsp3) is 0.368. The third-order valence-electron chi connectivity index (χ3n) is 4.35. The minimum Gasteiger partial charge on any atom is -0.462 e.